The molecule has 3 heterocycles. The van der Waals surface area contributed by atoms with E-state index in [1.807, 2.05) is 0 Å². The smallest absolute Gasteiger partial charge is 0.305 e. The first kappa shape index (κ1) is 25.6. The van der Waals surface area contributed by atoms with Gasteiger partial charge in [0, 0.05) is 18.8 Å². The van der Waals surface area contributed by atoms with E-state index in [0.717, 1.165) is 82.5 Å². The number of pyridine rings is 1. The van der Waals surface area contributed by atoms with Gasteiger partial charge in [-0.1, -0.05) is 18.2 Å². The summed E-state index contributed by atoms with van der Waals surface area (Å²) in [4.78, 5) is 31.9. The third-order valence-electron chi connectivity index (χ3n) is 7.87. The summed E-state index contributed by atoms with van der Waals surface area (Å²) in [5, 5.41) is 15.8. The molecular formula is C29H37FN4O3. The van der Waals surface area contributed by atoms with Gasteiger partial charge in [-0.3, -0.25) is 9.59 Å². The molecule has 0 bridgehead atoms. The van der Waals surface area contributed by atoms with Gasteiger partial charge in [-0.2, -0.15) is 0 Å². The van der Waals surface area contributed by atoms with Crippen molar-refractivity contribution in [3.05, 3.63) is 58.5 Å². The zero-order valence-electron chi connectivity index (χ0n) is 21.3. The largest absolute Gasteiger partial charge is 0.481 e. The average molecular weight is 509 g/mol. The lowest BCUT2D eigenvalue weighted by molar-refractivity contribution is -0.138. The number of hydrogen-bond donors (Lipinski definition) is 3. The summed E-state index contributed by atoms with van der Waals surface area (Å²) in [7, 11) is 0. The third-order valence-corrected chi connectivity index (χ3v) is 7.87. The Morgan fingerprint density at radius 3 is 2.86 bits per heavy atom. The highest BCUT2D eigenvalue weighted by Crippen LogP contribution is 2.42. The van der Waals surface area contributed by atoms with Gasteiger partial charge in [0.2, 0.25) is 5.91 Å². The number of aliphatic carboxylic acids is 1. The normalized spacial score (nSPS) is 20.5. The van der Waals surface area contributed by atoms with Crippen LogP contribution in [0.5, 0.6) is 0 Å². The van der Waals surface area contributed by atoms with Crippen LogP contribution in [0.15, 0.2) is 30.3 Å². The van der Waals surface area contributed by atoms with Crippen molar-refractivity contribution in [1.29, 1.82) is 0 Å². The molecule has 2 aliphatic heterocycles. The Kier molecular flexibility index (Phi) is 8.03. The molecule has 3 N–H and O–H groups in total. The van der Waals surface area contributed by atoms with Gasteiger partial charge in [-0.25, -0.2) is 9.37 Å². The molecule has 7 nitrogen and oxygen atoms in total. The molecule has 2 fully saturated rings. The highest BCUT2D eigenvalue weighted by atomic mass is 19.1. The number of carboxylic acids is 1. The van der Waals surface area contributed by atoms with E-state index in [4.69, 9.17) is 4.98 Å². The highest BCUT2D eigenvalue weighted by molar-refractivity contribution is 5.80. The number of carbonyl (C=O) groups is 2. The van der Waals surface area contributed by atoms with Crippen LogP contribution in [0.25, 0.3) is 0 Å². The summed E-state index contributed by atoms with van der Waals surface area (Å²) in [6.07, 6.45) is 7.52. The Labute approximate surface area is 217 Å². The Bertz CT molecular complexity index is 1140. The average Bonchev–Trinajstić information content (AvgIpc) is 3.74. The third kappa shape index (κ3) is 6.66. The monoisotopic (exact) mass is 508 g/mol. The van der Waals surface area contributed by atoms with Crippen LogP contribution in [-0.2, 0) is 22.4 Å². The fourth-order valence-corrected chi connectivity index (χ4v) is 5.67. The minimum Gasteiger partial charge on any atom is -0.481 e. The Morgan fingerprint density at radius 2 is 2.05 bits per heavy atom. The van der Waals surface area contributed by atoms with E-state index in [9.17, 15) is 19.1 Å². The molecule has 1 amide bonds. The van der Waals surface area contributed by atoms with Crippen molar-refractivity contribution in [3.8, 4) is 0 Å². The molecule has 1 aliphatic carbocycles. The Hall–Kier alpha value is -3.00. The molecule has 1 aromatic heterocycles. The zero-order chi connectivity index (χ0) is 25.8. The van der Waals surface area contributed by atoms with Gasteiger partial charge < -0.3 is 20.6 Å². The van der Waals surface area contributed by atoms with Crippen molar-refractivity contribution in [2.24, 2.45) is 5.92 Å². The van der Waals surface area contributed by atoms with Crippen LogP contribution in [0.1, 0.15) is 79.3 Å². The summed E-state index contributed by atoms with van der Waals surface area (Å²) in [5.41, 5.74) is 3.69. The van der Waals surface area contributed by atoms with Crippen molar-refractivity contribution in [3.63, 3.8) is 0 Å². The minimum atomic E-state index is -0.987. The van der Waals surface area contributed by atoms with Gasteiger partial charge in [0.25, 0.3) is 0 Å². The Morgan fingerprint density at radius 1 is 1.19 bits per heavy atom. The van der Waals surface area contributed by atoms with E-state index in [1.165, 1.54) is 11.6 Å². The van der Waals surface area contributed by atoms with Gasteiger partial charge in [-0.15, -0.1) is 0 Å². The number of anilines is 1. The van der Waals surface area contributed by atoms with Crippen molar-refractivity contribution >= 4 is 17.7 Å². The van der Waals surface area contributed by atoms with Gasteiger partial charge in [0.15, 0.2) is 0 Å². The summed E-state index contributed by atoms with van der Waals surface area (Å²) in [5.74, 6) is -0.300. The standard InChI is InChI=1S/C29H37FN4O3/c30-25-12-10-21(16-24(25)19-7-8-19)26(17-27(35)36)33-29(37)22-5-2-14-34(18-22)15-3-6-23-11-9-20-4-1-13-31-28(20)32-23/h9-12,16,19,22,26H,1-8,13-15,17-18H2,(H,31,32)(H,33,37)(H,35,36). The maximum atomic E-state index is 14.3. The van der Waals surface area contributed by atoms with Crippen LogP contribution in [0.3, 0.4) is 0 Å². The molecule has 3 aliphatic rings. The first-order valence-electron chi connectivity index (χ1n) is 13.7. The Balaban J connectivity index is 1.15. The number of benzene rings is 1. The number of halogens is 1. The number of aryl methyl sites for hydroxylation is 2. The summed E-state index contributed by atoms with van der Waals surface area (Å²) in [6.45, 7) is 3.51. The number of hydrogen-bond acceptors (Lipinski definition) is 5. The lowest BCUT2D eigenvalue weighted by Gasteiger charge is -2.33. The van der Waals surface area contributed by atoms with Crippen LogP contribution < -0.4 is 10.6 Å². The number of amides is 1. The van der Waals surface area contributed by atoms with Gasteiger partial charge in [0.1, 0.15) is 11.6 Å². The quantitative estimate of drug-likeness (QED) is 0.440. The number of piperidine rings is 1. The topological polar surface area (TPSA) is 94.6 Å². The predicted octanol–water partition coefficient (Wildman–Crippen LogP) is 4.43. The molecule has 0 spiro atoms. The number of fused-ring (bicyclic) bond motifs is 1. The molecule has 1 aromatic carbocycles. The van der Waals surface area contributed by atoms with Crippen LogP contribution in [0.4, 0.5) is 10.2 Å². The van der Waals surface area contributed by atoms with E-state index < -0.39 is 12.0 Å². The molecule has 2 atom stereocenters. The summed E-state index contributed by atoms with van der Waals surface area (Å²) < 4.78 is 14.3. The number of nitrogens with one attached hydrogen (secondary N) is 2. The first-order chi connectivity index (χ1) is 18.0. The van der Waals surface area contributed by atoms with E-state index >= 15 is 0 Å². The summed E-state index contributed by atoms with van der Waals surface area (Å²) in [6, 6.07) is 8.41. The van der Waals surface area contributed by atoms with Crippen LogP contribution in [-0.4, -0.2) is 53.0 Å². The van der Waals surface area contributed by atoms with Crippen molar-refractivity contribution in [1.82, 2.24) is 15.2 Å². The number of aromatic nitrogens is 1. The molecule has 37 heavy (non-hydrogen) atoms. The van der Waals surface area contributed by atoms with Crippen molar-refractivity contribution < 1.29 is 19.1 Å². The van der Waals surface area contributed by atoms with Gasteiger partial charge in [-0.05, 0) is 99.2 Å². The maximum absolute atomic E-state index is 14.3. The molecular weight excluding hydrogens is 471 g/mol. The van der Waals surface area contributed by atoms with E-state index in [0.29, 0.717) is 17.7 Å². The van der Waals surface area contributed by atoms with Crippen LogP contribution in [0.2, 0.25) is 0 Å². The molecule has 1 saturated carbocycles. The lowest BCUT2D eigenvalue weighted by Crippen LogP contribution is -2.44. The molecule has 1 saturated heterocycles. The second-order valence-electron chi connectivity index (χ2n) is 10.8. The number of rotatable bonds is 10. The number of likely N-dealkylation sites (tertiary alicyclic amines) is 1. The van der Waals surface area contributed by atoms with Gasteiger partial charge in [0.05, 0.1) is 18.4 Å². The maximum Gasteiger partial charge on any atom is 0.305 e. The second-order valence-corrected chi connectivity index (χ2v) is 10.8. The zero-order valence-corrected chi connectivity index (χ0v) is 21.3. The number of nitrogens with zero attached hydrogens (tertiary/aromatic N) is 2. The number of carboxylic acid groups (broad SMARTS) is 1. The summed E-state index contributed by atoms with van der Waals surface area (Å²) >= 11 is 0. The van der Waals surface area contributed by atoms with Crippen LogP contribution in [0, 0.1) is 11.7 Å². The van der Waals surface area contributed by atoms with Crippen molar-refractivity contribution in [2.75, 3.05) is 31.5 Å². The van der Waals surface area contributed by atoms with Crippen LogP contribution >= 0.6 is 0 Å². The molecule has 5 rings (SSSR count). The highest BCUT2D eigenvalue weighted by Gasteiger charge is 2.30. The van der Waals surface area contributed by atoms with E-state index in [1.54, 1.807) is 12.1 Å². The minimum absolute atomic E-state index is 0.115. The lowest BCUT2D eigenvalue weighted by atomic mass is 9.94. The van der Waals surface area contributed by atoms with E-state index in [-0.39, 0.29) is 30.0 Å². The number of carbonyl (C=O) groups excluding carboxylic acids is 1. The molecule has 198 valence electrons. The SMILES string of the molecule is O=C(O)CC(NC(=O)C1CCCN(CCCc2ccc3c(n2)NCCC3)C1)c1ccc(F)c(C2CC2)c1. The van der Waals surface area contributed by atoms with E-state index in [2.05, 4.69) is 27.7 Å². The van der Waals surface area contributed by atoms with Crippen molar-refractivity contribution in [2.45, 2.75) is 69.7 Å². The fourth-order valence-electron chi connectivity index (χ4n) is 5.67. The molecule has 2 unspecified atom stereocenters. The first-order valence-corrected chi connectivity index (χ1v) is 13.7. The fraction of sp³-hybridized carbons (Fsp3) is 0.552. The van der Waals surface area contributed by atoms with Gasteiger partial charge >= 0.3 is 5.97 Å². The predicted molar refractivity (Wildman–Crippen MR) is 140 cm³/mol. The second kappa shape index (κ2) is 11.6. The molecule has 8 heteroatoms. The molecule has 2 aromatic rings. The molecule has 0 radical (unpaired) electrons.